The van der Waals surface area contributed by atoms with Crippen molar-refractivity contribution >= 4 is 5.97 Å². The van der Waals surface area contributed by atoms with E-state index in [0.717, 1.165) is 5.56 Å². The van der Waals surface area contributed by atoms with Crippen LogP contribution in [-0.2, 0) is 9.53 Å². The Morgan fingerprint density at radius 1 is 1.50 bits per heavy atom. The predicted octanol–water partition coefficient (Wildman–Crippen LogP) is 2.13. The number of esters is 1. The summed E-state index contributed by atoms with van der Waals surface area (Å²) in [6.07, 6.45) is 2.73. The monoisotopic (exact) mass is 219 g/mol. The van der Waals surface area contributed by atoms with Crippen molar-refractivity contribution in [1.29, 1.82) is 0 Å². The number of carbonyl (C=O) groups excluding carboxylic acids is 1. The van der Waals surface area contributed by atoms with Gasteiger partial charge in [-0.15, -0.1) is 0 Å². The third kappa shape index (κ3) is 2.42. The first-order chi connectivity index (χ1) is 7.72. The molecule has 86 valence electrons. The van der Waals surface area contributed by atoms with Crippen molar-refractivity contribution in [3.05, 3.63) is 35.4 Å². The van der Waals surface area contributed by atoms with Crippen LogP contribution < -0.4 is 5.73 Å². The molecule has 1 aromatic rings. The molecule has 1 aliphatic carbocycles. The van der Waals surface area contributed by atoms with Crippen LogP contribution in [0.15, 0.2) is 24.3 Å². The van der Waals surface area contributed by atoms with Crippen molar-refractivity contribution < 1.29 is 9.53 Å². The van der Waals surface area contributed by atoms with Crippen LogP contribution in [0.3, 0.4) is 0 Å². The van der Waals surface area contributed by atoms with E-state index in [1.165, 1.54) is 25.5 Å². The maximum Gasteiger partial charge on any atom is 0.307 e. The first kappa shape index (κ1) is 11.1. The molecule has 0 saturated heterocycles. The van der Waals surface area contributed by atoms with E-state index in [-0.39, 0.29) is 18.4 Å². The maximum atomic E-state index is 11.2. The zero-order valence-electron chi connectivity index (χ0n) is 9.48. The van der Waals surface area contributed by atoms with Gasteiger partial charge >= 0.3 is 5.97 Å². The van der Waals surface area contributed by atoms with Crippen LogP contribution in [0.2, 0.25) is 0 Å². The van der Waals surface area contributed by atoms with E-state index < -0.39 is 0 Å². The molecule has 3 heteroatoms. The molecule has 2 N–H and O–H groups in total. The lowest BCUT2D eigenvalue weighted by molar-refractivity contribution is -0.141. The summed E-state index contributed by atoms with van der Waals surface area (Å²) in [6, 6.07) is 7.88. The van der Waals surface area contributed by atoms with Crippen molar-refractivity contribution in [2.75, 3.05) is 7.11 Å². The normalized spacial score (nSPS) is 16.9. The highest BCUT2D eigenvalue weighted by molar-refractivity contribution is 5.70. The Morgan fingerprint density at radius 3 is 2.81 bits per heavy atom. The molecule has 0 radical (unpaired) electrons. The second kappa shape index (κ2) is 4.66. The van der Waals surface area contributed by atoms with Crippen molar-refractivity contribution in [1.82, 2.24) is 0 Å². The smallest absolute Gasteiger partial charge is 0.307 e. The largest absolute Gasteiger partial charge is 0.469 e. The molecule has 1 atom stereocenters. The summed E-state index contributed by atoms with van der Waals surface area (Å²) in [6.45, 7) is 0. The van der Waals surface area contributed by atoms with Crippen molar-refractivity contribution in [2.45, 2.75) is 31.2 Å². The Kier molecular flexibility index (Phi) is 3.25. The van der Waals surface area contributed by atoms with E-state index in [1.54, 1.807) is 0 Å². The van der Waals surface area contributed by atoms with Gasteiger partial charge in [0.2, 0.25) is 0 Å². The summed E-state index contributed by atoms with van der Waals surface area (Å²) in [7, 11) is 1.39. The molecular weight excluding hydrogens is 202 g/mol. The molecule has 0 amide bonds. The van der Waals surface area contributed by atoms with E-state index in [1.807, 2.05) is 18.2 Å². The van der Waals surface area contributed by atoms with Crippen LogP contribution in [-0.4, -0.2) is 13.1 Å². The SMILES string of the molecule is COC(=O)CC(N)c1ccccc1C1CC1. The minimum atomic E-state index is -0.252. The standard InChI is InChI=1S/C13H17NO2/c1-16-13(15)8-12(14)11-5-3-2-4-10(11)9-6-7-9/h2-5,9,12H,6-8,14H2,1H3. The van der Waals surface area contributed by atoms with E-state index in [9.17, 15) is 4.79 Å². The van der Waals surface area contributed by atoms with Crippen molar-refractivity contribution in [3.8, 4) is 0 Å². The lowest BCUT2D eigenvalue weighted by Gasteiger charge is -2.15. The van der Waals surface area contributed by atoms with Gasteiger partial charge < -0.3 is 10.5 Å². The highest BCUT2D eigenvalue weighted by atomic mass is 16.5. The molecule has 2 rings (SSSR count). The van der Waals surface area contributed by atoms with E-state index in [2.05, 4.69) is 10.8 Å². The van der Waals surface area contributed by atoms with E-state index in [4.69, 9.17) is 5.73 Å². The molecule has 1 aliphatic rings. The van der Waals surface area contributed by atoms with Gasteiger partial charge in [0.25, 0.3) is 0 Å². The summed E-state index contributed by atoms with van der Waals surface area (Å²) >= 11 is 0. The van der Waals surface area contributed by atoms with Gasteiger partial charge in [0.1, 0.15) is 0 Å². The second-order valence-electron chi connectivity index (χ2n) is 4.29. The Hall–Kier alpha value is -1.35. The molecule has 0 aliphatic heterocycles. The van der Waals surface area contributed by atoms with Crippen LogP contribution in [0.5, 0.6) is 0 Å². The van der Waals surface area contributed by atoms with Crippen LogP contribution in [0.4, 0.5) is 0 Å². The quantitative estimate of drug-likeness (QED) is 0.789. The molecule has 1 aromatic carbocycles. The van der Waals surface area contributed by atoms with E-state index in [0.29, 0.717) is 5.92 Å². The minimum absolute atomic E-state index is 0.246. The third-order valence-corrected chi connectivity index (χ3v) is 3.03. The van der Waals surface area contributed by atoms with Gasteiger partial charge in [-0.1, -0.05) is 24.3 Å². The Labute approximate surface area is 95.6 Å². The summed E-state index contributed by atoms with van der Waals surface area (Å²) in [4.78, 5) is 11.2. The van der Waals surface area contributed by atoms with Crippen molar-refractivity contribution in [2.24, 2.45) is 5.73 Å². The Morgan fingerprint density at radius 2 is 2.19 bits per heavy atom. The molecule has 16 heavy (non-hydrogen) atoms. The molecule has 0 spiro atoms. The average Bonchev–Trinajstić information content (AvgIpc) is 3.12. The van der Waals surface area contributed by atoms with Gasteiger partial charge in [0, 0.05) is 6.04 Å². The maximum absolute atomic E-state index is 11.2. The first-order valence-corrected chi connectivity index (χ1v) is 5.63. The molecular formula is C13H17NO2. The second-order valence-corrected chi connectivity index (χ2v) is 4.29. The molecule has 0 bridgehead atoms. The predicted molar refractivity (Wildman–Crippen MR) is 62.0 cm³/mol. The minimum Gasteiger partial charge on any atom is -0.469 e. The Bertz CT molecular complexity index is 385. The zero-order chi connectivity index (χ0) is 11.5. The summed E-state index contributed by atoms with van der Waals surface area (Å²) in [5.74, 6) is 0.401. The van der Waals surface area contributed by atoms with Crippen LogP contribution in [0.1, 0.15) is 42.3 Å². The third-order valence-electron chi connectivity index (χ3n) is 3.03. The number of nitrogens with two attached hydrogens (primary N) is 1. The van der Waals surface area contributed by atoms with Gasteiger partial charge in [-0.2, -0.15) is 0 Å². The van der Waals surface area contributed by atoms with Gasteiger partial charge in [0.15, 0.2) is 0 Å². The molecule has 1 fully saturated rings. The fourth-order valence-electron chi connectivity index (χ4n) is 1.99. The number of rotatable bonds is 4. The number of benzene rings is 1. The number of hydrogen-bond acceptors (Lipinski definition) is 3. The average molecular weight is 219 g/mol. The Balaban J connectivity index is 2.15. The van der Waals surface area contributed by atoms with Gasteiger partial charge in [-0.25, -0.2) is 0 Å². The number of methoxy groups -OCH3 is 1. The topological polar surface area (TPSA) is 52.3 Å². The number of ether oxygens (including phenoxy) is 1. The summed E-state index contributed by atoms with van der Waals surface area (Å²) < 4.78 is 4.64. The lowest BCUT2D eigenvalue weighted by atomic mass is 9.96. The fraction of sp³-hybridized carbons (Fsp3) is 0.462. The van der Waals surface area contributed by atoms with Gasteiger partial charge in [0.05, 0.1) is 13.5 Å². The van der Waals surface area contributed by atoms with Crippen LogP contribution in [0, 0.1) is 0 Å². The zero-order valence-corrected chi connectivity index (χ0v) is 9.48. The van der Waals surface area contributed by atoms with Crippen LogP contribution in [0.25, 0.3) is 0 Å². The highest BCUT2D eigenvalue weighted by Crippen LogP contribution is 2.42. The number of hydrogen-bond donors (Lipinski definition) is 1. The molecule has 1 saturated carbocycles. The highest BCUT2D eigenvalue weighted by Gasteiger charge is 2.27. The summed E-state index contributed by atoms with van der Waals surface area (Å²) in [5.41, 5.74) is 8.43. The molecule has 1 unspecified atom stereocenters. The number of carbonyl (C=O) groups is 1. The first-order valence-electron chi connectivity index (χ1n) is 5.63. The van der Waals surface area contributed by atoms with Gasteiger partial charge in [-0.3, -0.25) is 4.79 Å². The van der Waals surface area contributed by atoms with Crippen molar-refractivity contribution in [3.63, 3.8) is 0 Å². The molecule has 0 heterocycles. The molecule has 3 nitrogen and oxygen atoms in total. The van der Waals surface area contributed by atoms with Gasteiger partial charge in [-0.05, 0) is 29.9 Å². The van der Waals surface area contributed by atoms with Crippen LogP contribution >= 0.6 is 0 Å². The van der Waals surface area contributed by atoms with E-state index >= 15 is 0 Å². The fourth-order valence-corrected chi connectivity index (χ4v) is 1.99. The lowest BCUT2D eigenvalue weighted by Crippen LogP contribution is -2.17. The summed E-state index contributed by atoms with van der Waals surface area (Å²) in [5, 5.41) is 0. The molecule has 0 aromatic heterocycles.